The van der Waals surface area contributed by atoms with Crippen LogP contribution in [0.2, 0.25) is 0 Å². The molecule has 2 fully saturated rings. The van der Waals surface area contributed by atoms with E-state index in [-0.39, 0.29) is 5.75 Å². The van der Waals surface area contributed by atoms with E-state index >= 15 is 0 Å². The molecule has 2 aliphatic rings. The minimum atomic E-state index is -2.81. The van der Waals surface area contributed by atoms with Gasteiger partial charge in [-0.1, -0.05) is 6.42 Å². The minimum absolute atomic E-state index is 0.139. The van der Waals surface area contributed by atoms with Crippen LogP contribution in [-0.2, 0) is 0 Å². The van der Waals surface area contributed by atoms with Gasteiger partial charge in [0.15, 0.2) is 5.11 Å². The Balaban J connectivity index is 1.49. The average molecular weight is 340 g/mol. The standard InChI is InChI=1S/C17H22F2N2OS/c1-10(15-9-11-2-3-12(15)8-11)20-17(23)21-13-4-6-14(7-5-13)22-16(18)19/h4-7,10-12,15-16H,2-3,8-9H2,1H3,(H2,20,21,23)/t10-,11+,12+,15+/m1/s1. The average Bonchev–Trinajstić information content (AvgIpc) is 3.11. The molecule has 4 atom stereocenters. The second-order valence-corrected chi connectivity index (χ2v) is 7.04. The summed E-state index contributed by atoms with van der Waals surface area (Å²) in [5.41, 5.74) is 0.754. The number of nitrogens with one attached hydrogen (secondary N) is 2. The maximum Gasteiger partial charge on any atom is 0.387 e. The van der Waals surface area contributed by atoms with Gasteiger partial charge in [0.1, 0.15) is 5.75 Å². The van der Waals surface area contributed by atoms with E-state index in [2.05, 4.69) is 22.3 Å². The van der Waals surface area contributed by atoms with Crippen LogP contribution in [0.3, 0.4) is 0 Å². The van der Waals surface area contributed by atoms with Crippen molar-refractivity contribution in [1.29, 1.82) is 0 Å². The molecule has 1 aromatic rings. The number of fused-ring (bicyclic) bond motifs is 2. The smallest absolute Gasteiger partial charge is 0.387 e. The second kappa shape index (κ2) is 6.99. The summed E-state index contributed by atoms with van der Waals surface area (Å²) >= 11 is 5.36. The van der Waals surface area contributed by atoms with E-state index in [9.17, 15) is 8.78 Å². The number of ether oxygens (including phenoxy) is 1. The van der Waals surface area contributed by atoms with Crippen LogP contribution < -0.4 is 15.4 Å². The monoisotopic (exact) mass is 340 g/mol. The van der Waals surface area contributed by atoms with Crippen molar-refractivity contribution in [2.24, 2.45) is 17.8 Å². The lowest BCUT2D eigenvalue weighted by molar-refractivity contribution is -0.0498. The molecule has 0 aliphatic heterocycles. The van der Waals surface area contributed by atoms with Crippen LogP contribution in [0.4, 0.5) is 14.5 Å². The van der Waals surface area contributed by atoms with E-state index in [4.69, 9.17) is 12.2 Å². The lowest BCUT2D eigenvalue weighted by atomic mass is 9.84. The van der Waals surface area contributed by atoms with Crippen molar-refractivity contribution in [3.63, 3.8) is 0 Å². The molecule has 126 valence electrons. The first kappa shape index (κ1) is 16.4. The largest absolute Gasteiger partial charge is 0.435 e. The summed E-state index contributed by atoms with van der Waals surface area (Å²) in [5.74, 6) is 2.60. The number of alkyl halides is 2. The molecule has 2 bridgehead atoms. The third kappa shape index (κ3) is 4.10. The zero-order valence-corrected chi connectivity index (χ0v) is 13.9. The van der Waals surface area contributed by atoms with E-state index in [1.54, 1.807) is 12.1 Å². The molecule has 2 N–H and O–H groups in total. The minimum Gasteiger partial charge on any atom is -0.435 e. The lowest BCUT2D eigenvalue weighted by Gasteiger charge is -2.29. The van der Waals surface area contributed by atoms with Gasteiger partial charge in [-0.25, -0.2) is 0 Å². The molecule has 0 saturated heterocycles. The van der Waals surface area contributed by atoms with Crippen molar-refractivity contribution < 1.29 is 13.5 Å². The Morgan fingerprint density at radius 2 is 1.96 bits per heavy atom. The summed E-state index contributed by atoms with van der Waals surface area (Å²) < 4.78 is 28.6. The summed E-state index contributed by atoms with van der Waals surface area (Å²) in [6.07, 6.45) is 5.43. The first-order valence-corrected chi connectivity index (χ1v) is 8.54. The number of rotatable bonds is 5. The van der Waals surface area contributed by atoms with Gasteiger partial charge in [-0.3, -0.25) is 0 Å². The van der Waals surface area contributed by atoms with Crippen LogP contribution in [0.15, 0.2) is 24.3 Å². The van der Waals surface area contributed by atoms with Crippen LogP contribution in [0.1, 0.15) is 32.6 Å². The van der Waals surface area contributed by atoms with Crippen molar-refractivity contribution in [2.75, 3.05) is 5.32 Å². The zero-order valence-electron chi connectivity index (χ0n) is 13.1. The van der Waals surface area contributed by atoms with Gasteiger partial charge in [-0.15, -0.1) is 0 Å². The highest BCUT2D eigenvalue weighted by Gasteiger charge is 2.41. The van der Waals surface area contributed by atoms with Crippen LogP contribution in [0.25, 0.3) is 0 Å². The summed E-state index contributed by atoms with van der Waals surface area (Å²) in [5, 5.41) is 7.04. The normalized spacial score (nSPS) is 27.0. The van der Waals surface area contributed by atoms with Crippen LogP contribution in [-0.4, -0.2) is 17.8 Å². The third-order valence-corrected chi connectivity index (χ3v) is 5.35. The summed E-state index contributed by atoms with van der Waals surface area (Å²) in [4.78, 5) is 0. The first-order valence-electron chi connectivity index (χ1n) is 8.13. The number of hydrogen-bond donors (Lipinski definition) is 2. The van der Waals surface area contributed by atoms with Crippen molar-refractivity contribution >= 4 is 23.0 Å². The molecule has 0 radical (unpaired) electrons. The van der Waals surface area contributed by atoms with Crippen molar-refractivity contribution in [1.82, 2.24) is 5.32 Å². The third-order valence-electron chi connectivity index (χ3n) is 5.13. The van der Waals surface area contributed by atoms with Gasteiger partial charge in [-0.05, 0) is 80.4 Å². The van der Waals surface area contributed by atoms with Gasteiger partial charge in [0.25, 0.3) is 0 Å². The number of halogens is 2. The Kier molecular flexibility index (Phi) is 4.99. The van der Waals surface area contributed by atoms with Crippen molar-refractivity contribution in [3.05, 3.63) is 24.3 Å². The summed E-state index contributed by atoms with van der Waals surface area (Å²) in [6.45, 7) is -0.613. The van der Waals surface area contributed by atoms with Gasteiger partial charge >= 0.3 is 6.61 Å². The number of benzene rings is 1. The maximum absolute atomic E-state index is 12.1. The molecular weight excluding hydrogens is 318 g/mol. The SMILES string of the molecule is C[C@@H](NC(=S)Nc1ccc(OC(F)F)cc1)[C@@H]1C[C@H]2CC[C@H]1C2. The molecule has 3 rings (SSSR count). The Morgan fingerprint density at radius 1 is 1.22 bits per heavy atom. The second-order valence-electron chi connectivity index (χ2n) is 6.63. The predicted molar refractivity (Wildman–Crippen MR) is 90.8 cm³/mol. The van der Waals surface area contributed by atoms with Gasteiger partial charge in [0, 0.05) is 11.7 Å². The van der Waals surface area contributed by atoms with E-state index < -0.39 is 6.61 Å². The summed E-state index contributed by atoms with van der Waals surface area (Å²) in [6, 6.07) is 6.70. The molecule has 0 amide bonds. The highest BCUT2D eigenvalue weighted by Crippen LogP contribution is 2.49. The maximum atomic E-state index is 12.1. The Morgan fingerprint density at radius 3 is 2.52 bits per heavy atom. The first-order chi connectivity index (χ1) is 11.0. The topological polar surface area (TPSA) is 33.3 Å². The van der Waals surface area contributed by atoms with Gasteiger partial charge in [0.2, 0.25) is 0 Å². The van der Waals surface area contributed by atoms with E-state index in [1.807, 2.05) is 0 Å². The molecule has 0 unspecified atom stereocenters. The van der Waals surface area contributed by atoms with Crippen molar-refractivity contribution in [3.8, 4) is 5.75 Å². The Hall–Kier alpha value is -1.43. The molecule has 2 aliphatic carbocycles. The highest BCUT2D eigenvalue weighted by molar-refractivity contribution is 7.80. The fourth-order valence-corrected chi connectivity index (χ4v) is 4.41. The quantitative estimate of drug-likeness (QED) is 0.779. The van der Waals surface area contributed by atoms with Crippen LogP contribution in [0, 0.1) is 17.8 Å². The van der Waals surface area contributed by atoms with E-state index in [0.29, 0.717) is 17.1 Å². The number of anilines is 1. The molecule has 0 spiro atoms. The fraction of sp³-hybridized carbons (Fsp3) is 0.588. The number of hydrogen-bond acceptors (Lipinski definition) is 2. The molecule has 0 aromatic heterocycles. The van der Waals surface area contributed by atoms with Gasteiger partial charge in [-0.2, -0.15) is 8.78 Å². The van der Waals surface area contributed by atoms with Gasteiger partial charge in [0.05, 0.1) is 0 Å². The van der Waals surface area contributed by atoms with E-state index in [1.165, 1.54) is 37.8 Å². The van der Waals surface area contributed by atoms with E-state index in [0.717, 1.165) is 17.5 Å². The van der Waals surface area contributed by atoms with Crippen LogP contribution in [0.5, 0.6) is 5.75 Å². The lowest BCUT2D eigenvalue weighted by Crippen LogP contribution is -2.42. The Bertz CT molecular complexity index is 552. The van der Waals surface area contributed by atoms with Crippen molar-refractivity contribution in [2.45, 2.75) is 45.3 Å². The van der Waals surface area contributed by atoms with Crippen LogP contribution >= 0.6 is 12.2 Å². The molecular formula is C17H22F2N2OS. The molecule has 0 heterocycles. The Labute approximate surface area is 140 Å². The number of thiocarbonyl (C=S) groups is 1. The molecule has 2 saturated carbocycles. The molecule has 23 heavy (non-hydrogen) atoms. The highest BCUT2D eigenvalue weighted by atomic mass is 32.1. The molecule has 1 aromatic carbocycles. The van der Waals surface area contributed by atoms with Gasteiger partial charge < -0.3 is 15.4 Å². The summed E-state index contributed by atoms with van der Waals surface area (Å²) in [7, 11) is 0. The predicted octanol–water partition coefficient (Wildman–Crippen LogP) is 4.40. The zero-order chi connectivity index (χ0) is 16.4. The molecule has 6 heteroatoms. The fourth-order valence-electron chi connectivity index (χ4n) is 4.11. The molecule has 3 nitrogen and oxygen atoms in total.